The molecule has 1 unspecified atom stereocenters. The lowest BCUT2D eigenvalue weighted by atomic mass is 9.43. The number of aliphatic hydroxyl groups is 2. The van der Waals surface area contributed by atoms with Crippen molar-refractivity contribution >= 4 is 11.9 Å². The van der Waals surface area contributed by atoms with Crippen LogP contribution in [-0.2, 0) is 33.2 Å². The van der Waals surface area contributed by atoms with Gasteiger partial charge in [0.15, 0.2) is 0 Å². The van der Waals surface area contributed by atoms with Crippen LogP contribution in [-0.4, -0.2) is 119 Å². The molecule has 1 spiro atoms. The molecule has 45 heavy (non-hydrogen) atoms. The van der Waals surface area contributed by atoms with Gasteiger partial charge in [0.25, 0.3) is 0 Å². The van der Waals surface area contributed by atoms with Crippen LogP contribution in [0.2, 0.25) is 0 Å². The highest BCUT2D eigenvalue weighted by Gasteiger charge is 2.89. The summed E-state index contributed by atoms with van der Waals surface area (Å²) in [6.07, 6.45) is -2.75. The molecule has 7 bridgehead atoms. The summed E-state index contributed by atoms with van der Waals surface area (Å²) in [6.45, 7) is 2.14. The number of rotatable bonds is 9. The highest BCUT2D eigenvalue weighted by molar-refractivity contribution is 5.89. The maximum atomic E-state index is 13.8. The molecule has 5 aliphatic carbocycles. The first-order valence-electron chi connectivity index (χ1n) is 15.8. The Balaban J connectivity index is 1.44. The summed E-state index contributed by atoms with van der Waals surface area (Å²) in [7, 11) is 8.02. The standard InChI is InChI=1S/C33H45NO11/c1-16(35)45-32-13-22(42-5)31(38)12-19(23(32)28(31)44-29(37)17-7-9-18(40-3)10-8-17)33-21(41-4)11-20(36)30(15-39-2)14-34-27(33)24(32)25(43-6)26(30)33/h7-10,19-28,34,36,38H,11-15H2,1-6H3/t19-,20?,21+,22+,23-,24+,25+,26-,27-,28-,30+,31-,32-,33+/m1/s1. The Morgan fingerprint density at radius 3 is 2.29 bits per heavy atom. The molecule has 248 valence electrons. The molecule has 12 heteroatoms. The van der Waals surface area contributed by atoms with E-state index in [2.05, 4.69) is 5.32 Å². The van der Waals surface area contributed by atoms with E-state index in [0.717, 1.165) is 0 Å². The van der Waals surface area contributed by atoms with E-state index in [9.17, 15) is 19.8 Å². The number of carbonyl (C=O) groups excluding carboxylic acids is 2. The molecule has 6 aliphatic rings. The summed E-state index contributed by atoms with van der Waals surface area (Å²) < 4.78 is 42.7. The Kier molecular flexibility index (Phi) is 7.37. The average molecular weight is 632 g/mol. The van der Waals surface area contributed by atoms with E-state index < -0.39 is 76.3 Å². The smallest absolute Gasteiger partial charge is 0.338 e. The van der Waals surface area contributed by atoms with E-state index in [1.807, 2.05) is 0 Å². The third-order valence-electron chi connectivity index (χ3n) is 12.8. The van der Waals surface area contributed by atoms with Gasteiger partial charge in [0.1, 0.15) is 23.1 Å². The molecule has 7 rings (SSSR count). The minimum absolute atomic E-state index is 0.195. The first kappa shape index (κ1) is 31.3. The minimum Gasteiger partial charge on any atom is -0.497 e. The predicted octanol–water partition coefficient (Wildman–Crippen LogP) is 0.954. The van der Waals surface area contributed by atoms with Crippen molar-refractivity contribution in [2.75, 3.05) is 48.7 Å². The van der Waals surface area contributed by atoms with Crippen molar-refractivity contribution in [2.45, 2.75) is 73.9 Å². The fourth-order valence-corrected chi connectivity index (χ4v) is 11.7. The number of piperidine rings is 1. The van der Waals surface area contributed by atoms with Crippen LogP contribution >= 0.6 is 0 Å². The van der Waals surface area contributed by atoms with Crippen LogP contribution < -0.4 is 10.1 Å². The van der Waals surface area contributed by atoms with Gasteiger partial charge in [-0.3, -0.25) is 4.79 Å². The average Bonchev–Trinajstić information content (AvgIpc) is 3.37. The fourth-order valence-electron chi connectivity index (χ4n) is 11.7. The van der Waals surface area contributed by atoms with E-state index in [-0.39, 0.29) is 37.3 Å². The molecule has 3 N–H and O–H groups in total. The first-order valence-corrected chi connectivity index (χ1v) is 15.8. The Labute approximate surface area is 263 Å². The number of nitrogens with one attached hydrogen (secondary N) is 1. The molecule has 14 atom stereocenters. The maximum absolute atomic E-state index is 13.8. The minimum atomic E-state index is -1.58. The highest BCUT2D eigenvalue weighted by atomic mass is 16.6. The molecule has 0 radical (unpaired) electrons. The van der Waals surface area contributed by atoms with Crippen molar-refractivity contribution in [1.29, 1.82) is 0 Å². The van der Waals surface area contributed by atoms with Crippen LogP contribution in [0.1, 0.15) is 36.5 Å². The van der Waals surface area contributed by atoms with Crippen molar-refractivity contribution < 1.29 is 53.0 Å². The quantitative estimate of drug-likeness (QED) is 0.333. The molecule has 0 amide bonds. The summed E-state index contributed by atoms with van der Waals surface area (Å²) in [6, 6.07) is 6.34. The number of ether oxygens (including phenoxy) is 7. The largest absolute Gasteiger partial charge is 0.497 e. The third-order valence-corrected chi connectivity index (χ3v) is 12.8. The van der Waals surface area contributed by atoms with Crippen LogP contribution in [0, 0.1) is 34.5 Å². The van der Waals surface area contributed by atoms with Gasteiger partial charge in [-0.15, -0.1) is 0 Å². The van der Waals surface area contributed by atoms with Gasteiger partial charge >= 0.3 is 11.9 Å². The summed E-state index contributed by atoms with van der Waals surface area (Å²) in [5.74, 6) is -2.16. The first-order chi connectivity index (χ1) is 21.5. The second-order valence-electron chi connectivity index (χ2n) is 14.1. The fraction of sp³-hybridized carbons (Fsp3) is 0.758. The van der Waals surface area contributed by atoms with Crippen LogP contribution in [0.15, 0.2) is 24.3 Å². The lowest BCUT2D eigenvalue weighted by molar-refractivity contribution is -0.279. The van der Waals surface area contributed by atoms with Crippen molar-refractivity contribution in [1.82, 2.24) is 5.32 Å². The van der Waals surface area contributed by atoms with Gasteiger partial charge in [0.05, 0.1) is 43.7 Å². The molecule has 1 aromatic rings. The van der Waals surface area contributed by atoms with Gasteiger partial charge in [-0.1, -0.05) is 0 Å². The number of esters is 2. The van der Waals surface area contributed by atoms with Crippen LogP contribution in [0.5, 0.6) is 5.75 Å². The normalized spacial score (nSPS) is 48.5. The highest BCUT2D eigenvalue weighted by Crippen LogP contribution is 2.79. The van der Waals surface area contributed by atoms with Crippen LogP contribution in [0.3, 0.4) is 0 Å². The SMILES string of the molecule is COC[C@]12CN[C@@H]3[C@@H]4[C@H](OC)[C@H]1[C@@]3([C@@H](OC)CC2O)[C@@H]1C[C@@]2(O)[C@@H](OC)C[C@@]4(OC(C)=O)[C@H]1[C@H]2OC(=O)c1ccc(OC)cc1. The second kappa shape index (κ2) is 10.6. The Morgan fingerprint density at radius 1 is 0.978 bits per heavy atom. The number of hydrogen-bond acceptors (Lipinski definition) is 12. The summed E-state index contributed by atoms with van der Waals surface area (Å²) in [4.78, 5) is 26.9. The van der Waals surface area contributed by atoms with Crippen molar-refractivity contribution in [3.8, 4) is 5.75 Å². The van der Waals surface area contributed by atoms with E-state index >= 15 is 0 Å². The molecule has 1 aliphatic heterocycles. The second-order valence-corrected chi connectivity index (χ2v) is 14.1. The molecular formula is C33H45NO11. The maximum Gasteiger partial charge on any atom is 0.338 e. The van der Waals surface area contributed by atoms with E-state index in [4.69, 9.17) is 33.2 Å². The van der Waals surface area contributed by atoms with Crippen molar-refractivity contribution in [3.05, 3.63) is 29.8 Å². The molecule has 1 aromatic carbocycles. The molecule has 5 saturated carbocycles. The van der Waals surface area contributed by atoms with Gasteiger partial charge in [-0.25, -0.2) is 4.79 Å². The Bertz CT molecular complexity index is 1340. The topological polar surface area (TPSA) is 151 Å². The summed E-state index contributed by atoms with van der Waals surface area (Å²) in [5.41, 5.74) is -3.92. The predicted molar refractivity (Wildman–Crippen MR) is 156 cm³/mol. The Morgan fingerprint density at radius 2 is 1.69 bits per heavy atom. The zero-order valence-corrected chi connectivity index (χ0v) is 26.7. The molecule has 1 heterocycles. The molecular weight excluding hydrogens is 586 g/mol. The van der Waals surface area contributed by atoms with Gasteiger partial charge in [0, 0.05) is 89.4 Å². The molecule has 1 saturated heterocycles. The molecule has 12 nitrogen and oxygen atoms in total. The lowest BCUT2D eigenvalue weighted by Crippen LogP contribution is -2.78. The van der Waals surface area contributed by atoms with Gasteiger partial charge in [-0.05, 0) is 36.6 Å². The summed E-state index contributed by atoms with van der Waals surface area (Å²) in [5, 5.41) is 28.3. The van der Waals surface area contributed by atoms with Crippen molar-refractivity contribution in [2.24, 2.45) is 34.5 Å². The van der Waals surface area contributed by atoms with Crippen LogP contribution in [0.4, 0.5) is 0 Å². The van der Waals surface area contributed by atoms with E-state index in [0.29, 0.717) is 24.3 Å². The van der Waals surface area contributed by atoms with Crippen molar-refractivity contribution in [3.63, 3.8) is 0 Å². The van der Waals surface area contributed by atoms with E-state index in [1.165, 1.54) is 14.0 Å². The summed E-state index contributed by atoms with van der Waals surface area (Å²) >= 11 is 0. The van der Waals surface area contributed by atoms with Gasteiger partial charge in [0.2, 0.25) is 0 Å². The third kappa shape index (κ3) is 3.73. The zero-order valence-electron chi connectivity index (χ0n) is 26.7. The number of hydrogen-bond donors (Lipinski definition) is 3. The molecule has 0 aromatic heterocycles. The Hall–Kier alpha value is -2.32. The lowest BCUT2D eigenvalue weighted by Gasteiger charge is -2.67. The van der Waals surface area contributed by atoms with Gasteiger partial charge < -0.3 is 48.7 Å². The number of aliphatic hydroxyl groups excluding tert-OH is 1. The molecule has 6 fully saturated rings. The van der Waals surface area contributed by atoms with Crippen LogP contribution in [0.25, 0.3) is 0 Å². The number of methoxy groups -OCH3 is 5. The zero-order chi connectivity index (χ0) is 32.1. The van der Waals surface area contributed by atoms with E-state index in [1.54, 1.807) is 52.7 Å². The number of benzene rings is 1. The number of fused-ring (bicyclic) bond motifs is 2. The number of carbonyl (C=O) groups is 2. The monoisotopic (exact) mass is 631 g/mol. The van der Waals surface area contributed by atoms with Gasteiger partial charge in [-0.2, -0.15) is 0 Å².